The lowest BCUT2D eigenvalue weighted by molar-refractivity contribution is -0.112. The Kier molecular flexibility index (Phi) is 9.05. The number of morpholine rings is 1. The van der Waals surface area contributed by atoms with Crippen molar-refractivity contribution in [2.45, 2.75) is 26.2 Å². The number of sulfonamides is 1. The Labute approximate surface area is 262 Å². The first kappa shape index (κ1) is 31.8. The van der Waals surface area contributed by atoms with Gasteiger partial charge in [0.15, 0.2) is 5.75 Å². The van der Waals surface area contributed by atoms with Crippen LogP contribution in [0.4, 0.5) is 23.0 Å². The van der Waals surface area contributed by atoms with Crippen molar-refractivity contribution in [1.29, 1.82) is 0 Å². The summed E-state index contributed by atoms with van der Waals surface area (Å²) in [6.45, 7) is 8.15. The van der Waals surface area contributed by atoms with Gasteiger partial charge in [0.2, 0.25) is 16.0 Å². The molecule has 1 aromatic heterocycles. The topological polar surface area (TPSA) is 143 Å². The quantitative estimate of drug-likeness (QED) is 0.200. The van der Waals surface area contributed by atoms with E-state index in [1.807, 2.05) is 37.9 Å². The number of amides is 1. The van der Waals surface area contributed by atoms with Crippen LogP contribution in [0.1, 0.15) is 36.7 Å². The molecule has 0 radical (unpaired) electrons. The highest BCUT2D eigenvalue weighted by molar-refractivity contribution is 7.92. The number of ether oxygens (including phenoxy) is 2. The number of hydrogen-bond donors (Lipinski definition) is 2. The smallest absolute Gasteiger partial charge is 0.296 e. The van der Waals surface area contributed by atoms with Crippen molar-refractivity contribution in [3.63, 3.8) is 0 Å². The van der Waals surface area contributed by atoms with Gasteiger partial charge in [-0.25, -0.2) is 28.4 Å². The zero-order valence-electron chi connectivity index (χ0n) is 25.8. The molecule has 5 rings (SSSR count). The van der Waals surface area contributed by atoms with Crippen LogP contribution in [0.25, 0.3) is 10.8 Å². The molecule has 0 aliphatic carbocycles. The molecule has 0 unspecified atom stereocenters. The number of aromatic nitrogens is 2. The Bertz CT molecular complexity index is 1840. The number of hydrogen-bond acceptors (Lipinski definition) is 10. The molecule has 236 valence electrons. The summed E-state index contributed by atoms with van der Waals surface area (Å²) >= 11 is 0. The second-order valence-corrected chi connectivity index (χ2v) is 13.4. The lowest BCUT2D eigenvalue weighted by Gasteiger charge is -2.37. The van der Waals surface area contributed by atoms with Crippen LogP contribution in [0.2, 0.25) is 0 Å². The number of rotatable bonds is 9. The van der Waals surface area contributed by atoms with Crippen molar-refractivity contribution in [3.05, 3.63) is 78.1 Å². The number of benzene rings is 3. The minimum absolute atomic E-state index is 0.0822. The maximum atomic E-state index is 13.8. The van der Waals surface area contributed by atoms with Gasteiger partial charge in [0.1, 0.15) is 0 Å². The van der Waals surface area contributed by atoms with E-state index in [1.54, 1.807) is 54.9 Å². The fraction of sp³-hybridized carbons (Fsp3) is 0.312. The zero-order valence-corrected chi connectivity index (χ0v) is 26.6. The van der Waals surface area contributed by atoms with Crippen molar-refractivity contribution in [2.24, 2.45) is 0 Å². The molecular weight excluding hydrogens is 596 g/mol. The van der Waals surface area contributed by atoms with E-state index in [0.29, 0.717) is 37.6 Å². The Morgan fingerprint density at radius 3 is 2.22 bits per heavy atom. The number of hydrazine groups is 1. The number of fused-ring (bicyclic) bond motifs is 1. The number of methoxy groups -OCH3 is 1. The van der Waals surface area contributed by atoms with Gasteiger partial charge in [-0.15, -0.1) is 0 Å². The van der Waals surface area contributed by atoms with E-state index >= 15 is 0 Å². The lowest BCUT2D eigenvalue weighted by Crippen LogP contribution is -2.47. The van der Waals surface area contributed by atoms with Crippen LogP contribution < -0.4 is 19.8 Å². The highest BCUT2D eigenvalue weighted by Crippen LogP contribution is 2.40. The summed E-state index contributed by atoms with van der Waals surface area (Å²) in [7, 11) is -2.31. The maximum Gasteiger partial charge on any atom is 0.296 e. The molecule has 3 aromatic carbocycles. The summed E-state index contributed by atoms with van der Waals surface area (Å²) in [6.07, 6.45) is 4.36. The predicted molar refractivity (Wildman–Crippen MR) is 174 cm³/mol. The maximum absolute atomic E-state index is 13.8. The lowest BCUT2D eigenvalue weighted by atomic mass is 9.86. The van der Waals surface area contributed by atoms with E-state index in [1.165, 1.54) is 7.11 Å². The normalized spacial score (nSPS) is 14.2. The second kappa shape index (κ2) is 12.8. The largest absolute Gasteiger partial charge is 0.492 e. The van der Waals surface area contributed by atoms with Gasteiger partial charge in [-0.05, 0) is 46.7 Å². The van der Waals surface area contributed by atoms with E-state index in [0.717, 1.165) is 22.9 Å². The molecule has 1 fully saturated rings. The zero-order chi connectivity index (χ0) is 32.4. The third-order valence-electron chi connectivity index (χ3n) is 7.29. The number of nitrogens with one attached hydrogen (secondary N) is 2. The van der Waals surface area contributed by atoms with Crippen LogP contribution in [0, 0.1) is 0 Å². The molecule has 4 aromatic rings. The number of nitrogens with zero attached hydrogens (tertiary/aromatic N) is 4. The number of carbonyl (C=O) groups excluding carboxylic acids is 2. The van der Waals surface area contributed by atoms with Gasteiger partial charge in [0, 0.05) is 36.4 Å². The molecule has 12 nitrogen and oxygen atoms in total. The van der Waals surface area contributed by atoms with Crippen LogP contribution in [0.15, 0.2) is 67.0 Å². The summed E-state index contributed by atoms with van der Waals surface area (Å²) in [4.78, 5) is 36.3. The van der Waals surface area contributed by atoms with E-state index in [2.05, 4.69) is 25.0 Å². The first-order valence-corrected chi connectivity index (χ1v) is 16.2. The molecule has 0 saturated carbocycles. The minimum Gasteiger partial charge on any atom is -0.492 e. The summed E-state index contributed by atoms with van der Waals surface area (Å²) in [6, 6.07) is 15.8. The highest BCUT2D eigenvalue weighted by Gasteiger charge is 2.28. The van der Waals surface area contributed by atoms with Crippen molar-refractivity contribution < 1.29 is 27.5 Å². The molecule has 2 heterocycles. The fourth-order valence-corrected chi connectivity index (χ4v) is 5.71. The van der Waals surface area contributed by atoms with Crippen molar-refractivity contribution in [3.8, 4) is 5.75 Å². The number of ketones is 1. The predicted octanol–water partition coefficient (Wildman–Crippen LogP) is 4.51. The molecule has 1 aliphatic heterocycles. The fourth-order valence-electron chi connectivity index (χ4n) is 5.16. The molecule has 0 atom stereocenters. The monoisotopic (exact) mass is 632 g/mol. The molecule has 1 aliphatic rings. The van der Waals surface area contributed by atoms with Crippen LogP contribution in [0.3, 0.4) is 0 Å². The van der Waals surface area contributed by atoms with E-state index in [4.69, 9.17) is 9.47 Å². The van der Waals surface area contributed by atoms with E-state index in [9.17, 15) is 18.0 Å². The SMILES string of the molecule is COc1c(NC(=O)C(=O)c2ccc(N(c3ncccn3)N3CCOCC3)c3ccccc23)cc(C(C)(C)C)cc1NS(C)(=O)=O. The Hall–Kier alpha value is -4.59. The number of anilines is 4. The first-order valence-electron chi connectivity index (χ1n) is 14.3. The van der Waals surface area contributed by atoms with Gasteiger partial charge < -0.3 is 14.8 Å². The third-order valence-corrected chi connectivity index (χ3v) is 7.89. The summed E-state index contributed by atoms with van der Waals surface area (Å²) in [5, 5.41) is 7.97. The molecule has 1 saturated heterocycles. The van der Waals surface area contributed by atoms with Gasteiger partial charge in [0.05, 0.1) is 43.6 Å². The number of Topliss-reactive ketones (excluding diaryl/α,β-unsaturated/α-hetero) is 1. The minimum atomic E-state index is -3.67. The van der Waals surface area contributed by atoms with Gasteiger partial charge in [-0.2, -0.15) is 0 Å². The van der Waals surface area contributed by atoms with E-state index in [-0.39, 0.29) is 22.7 Å². The van der Waals surface area contributed by atoms with Crippen molar-refractivity contribution in [2.75, 3.05) is 54.7 Å². The molecular formula is C32H36N6O6S. The summed E-state index contributed by atoms with van der Waals surface area (Å²) < 4.78 is 37.8. The highest BCUT2D eigenvalue weighted by atomic mass is 32.2. The van der Waals surface area contributed by atoms with Gasteiger partial charge in [-0.3, -0.25) is 14.3 Å². The molecule has 1 amide bonds. The van der Waals surface area contributed by atoms with Crippen LogP contribution in [-0.4, -0.2) is 74.8 Å². The van der Waals surface area contributed by atoms with Crippen molar-refractivity contribution >= 4 is 55.5 Å². The van der Waals surface area contributed by atoms with Crippen molar-refractivity contribution in [1.82, 2.24) is 15.0 Å². The van der Waals surface area contributed by atoms with Crippen LogP contribution in [0.5, 0.6) is 5.75 Å². The first-order chi connectivity index (χ1) is 21.4. The Morgan fingerprint density at radius 1 is 0.956 bits per heavy atom. The Morgan fingerprint density at radius 2 is 1.60 bits per heavy atom. The van der Waals surface area contributed by atoms with Gasteiger partial charge in [-0.1, -0.05) is 45.0 Å². The van der Waals surface area contributed by atoms with Crippen LogP contribution >= 0.6 is 0 Å². The average molecular weight is 633 g/mol. The third kappa shape index (κ3) is 7.06. The molecule has 13 heteroatoms. The standard InChI is InChI=1S/C32H36N6O6S/c1-32(2,3)21-19-25(29(43-4)26(20-21)36-45(5,41)42)35-30(40)28(39)24-11-12-27(23-10-7-6-9-22(23)24)38(31-33-13-8-14-34-31)37-15-17-44-18-16-37/h6-14,19-20,36H,15-18H2,1-5H3,(H,35,40). The Balaban J connectivity index is 1.55. The van der Waals surface area contributed by atoms with Gasteiger partial charge >= 0.3 is 0 Å². The molecule has 45 heavy (non-hydrogen) atoms. The van der Waals surface area contributed by atoms with Crippen LogP contribution in [-0.2, 0) is 25.0 Å². The van der Waals surface area contributed by atoms with E-state index < -0.39 is 27.1 Å². The average Bonchev–Trinajstić information content (AvgIpc) is 3.00. The summed E-state index contributed by atoms with van der Waals surface area (Å²) in [5.41, 5.74) is 1.56. The molecule has 0 bridgehead atoms. The second-order valence-electron chi connectivity index (χ2n) is 11.6. The number of carbonyl (C=O) groups is 2. The molecule has 0 spiro atoms. The summed E-state index contributed by atoms with van der Waals surface area (Å²) in [5.74, 6) is -1.13. The van der Waals surface area contributed by atoms with Gasteiger partial charge in [0.25, 0.3) is 11.7 Å². The molecule has 2 N–H and O–H groups in total.